The van der Waals surface area contributed by atoms with Gasteiger partial charge in [0, 0.05) is 6.92 Å². The van der Waals surface area contributed by atoms with E-state index >= 15 is 0 Å². The molecule has 0 bridgehead atoms. The van der Waals surface area contributed by atoms with Gasteiger partial charge in [0.2, 0.25) is 0 Å². The number of aryl methyl sites for hydroxylation is 1. The maximum atomic E-state index is 12.9. The summed E-state index contributed by atoms with van der Waals surface area (Å²) in [6.45, 7) is 16.9. The summed E-state index contributed by atoms with van der Waals surface area (Å²) in [6, 6.07) is 8.07. The van der Waals surface area contributed by atoms with Crippen LogP contribution in [0.2, 0.25) is 0 Å². The summed E-state index contributed by atoms with van der Waals surface area (Å²) < 4.78 is 10.9. The van der Waals surface area contributed by atoms with Crippen molar-refractivity contribution in [3.8, 4) is 0 Å². The van der Waals surface area contributed by atoms with Gasteiger partial charge in [0.15, 0.2) is 0 Å². The summed E-state index contributed by atoms with van der Waals surface area (Å²) >= 11 is 0. The zero-order valence-electron chi connectivity index (χ0n) is 24.4. The molecule has 1 amide bonds. The van der Waals surface area contributed by atoms with Gasteiger partial charge in [-0.2, -0.15) is 0 Å². The molecular formula is C31H42N4O4. The van der Waals surface area contributed by atoms with Crippen molar-refractivity contribution in [2.75, 3.05) is 0 Å². The van der Waals surface area contributed by atoms with Crippen LogP contribution in [-0.4, -0.2) is 33.3 Å². The number of aromatic nitrogens is 2. The maximum Gasteiger partial charge on any atom is 0.408 e. The first kappa shape index (κ1) is 30.0. The van der Waals surface area contributed by atoms with Crippen molar-refractivity contribution in [3.05, 3.63) is 64.7 Å². The average molecular weight is 535 g/mol. The fraction of sp³-hybridized carbons (Fsp3) is 0.516. The molecule has 0 aliphatic heterocycles. The van der Waals surface area contributed by atoms with Gasteiger partial charge in [-0.3, -0.25) is 4.79 Å². The molecule has 0 fully saturated rings. The average Bonchev–Trinajstić information content (AvgIpc) is 3.13. The normalized spacial score (nSPS) is 18.3. The van der Waals surface area contributed by atoms with Crippen molar-refractivity contribution in [1.29, 1.82) is 5.41 Å². The second-order valence-electron chi connectivity index (χ2n) is 11.5. The number of rotatable bonds is 10. The number of esters is 1. The first-order valence-electron chi connectivity index (χ1n) is 13.6. The molecule has 210 valence electrons. The van der Waals surface area contributed by atoms with E-state index in [0.29, 0.717) is 34.9 Å². The highest BCUT2D eigenvalue weighted by Crippen LogP contribution is 2.52. The number of carbonyl (C=O) groups is 2. The van der Waals surface area contributed by atoms with Crippen LogP contribution in [0.15, 0.2) is 30.8 Å². The zero-order chi connectivity index (χ0) is 29.0. The Morgan fingerprint density at radius 1 is 1.15 bits per heavy atom. The van der Waals surface area contributed by atoms with Crippen LogP contribution < -0.4 is 5.32 Å². The largest absolute Gasteiger partial charge is 0.459 e. The number of carbonyl (C=O) groups excluding carboxylic acids is 2. The van der Waals surface area contributed by atoms with Crippen molar-refractivity contribution >= 4 is 23.3 Å². The fourth-order valence-electron chi connectivity index (χ4n) is 5.51. The fourth-order valence-corrected chi connectivity index (χ4v) is 5.51. The standard InChI is InChI=1S/C31H42N4O4/c1-9-15-31(17-23-12-10-11-13-24(23)28(31)35-29(37)39-30(6,7)8)16-14-19(2)26-25(18-38-22(5)36)34-27(20(3)32)21(4)33-26/h10-13,28,32H,2,9,14-18H2,1,3-8H3,(H,35,37)/t28-,31?/m1/s1. The molecule has 1 heterocycles. The van der Waals surface area contributed by atoms with Gasteiger partial charge in [0.05, 0.1) is 23.1 Å². The first-order valence-corrected chi connectivity index (χ1v) is 13.6. The van der Waals surface area contributed by atoms with Crippen LogP contribution in [0.5, 0.6) is 0 Å². The molecule has 2 atom stereocenters. The lowest BCUT2D eigenvalue weighted by atomic mass is 9.72. The number of nitrogens with zero attached hydrogens (tertiary/aromatic N) is 2. The predicted molar refractivity (Wildman–Crippen MR) is 153 cm³/mol. The van der Waals surface area contributed by atoms with Crippen LogP contribution in [0, 0.1) is 17.7 Å². The topological polar surface area (TPSA) is 114 Å². The maximum absolute atomic E-state index is 12.9. The highest BCUT2D eigenvalue weighted by atomic mass is 16.6. The quantitative estimate of drug-likeness (QED) is 0.261. The summed E-state index contributed by atoms with van der Waals surface area (Å²) in [5, 5.41) is 11.3. The third-order valence-electron chi connectivity index (χ3n) is 7.10. The van der Waals surface area contributed by atoms with E-state index in [-0.39, 0.29) is 18.1 Å². The lowest BCUT2D eigenvalue weighted by Gasteiger charge is -2.37. The highest BCUT2D eigenvalue weighted by Gasteiger charge is 2.46. The number of nitrogens with one attached hydrogen (secondary N) is 2. The Bertz CT molecular complexity index is 1260. The summed E-state index contributed by atoms with van der Waals surface area (Å²) in [6.07, 6.45) is 3.65. The van der Waals surface area contributed by atoms with Crippen molar-refractivity contribution in [1.82, 2.24) is 15.3 Å². The van der Waals surface area contributed by atoms with Gasteiger partial charge in [-0.05, 0) is 82.4 Å². The number of alkyl carbamates (subject to hydrolysis) is 1. The van der Waals surface area contributed by atoms with E-state index in [1.807, 2.05) is 39.8 Å². The number of fused-ring (bicyclic) bond motifs is 1. The molecule has 0 saturated carbocycles. The monoisotopic (exact) mass is 534 g/mol. The van der Waals surface area contributed by atoms with Crippen LogP contribution in [0.3, 0.4) is 0 Å². The van der Waals surface area contributed by atoms with Crippen LogP contribution in [0.4, 0.5) is 4.79 Å². The van der Waals surface area contributed by atoms with Gasteiger partial charge in [-0.25, -0.2) is 14.8 Å². The number of allylic oxidation sites excluding steroid dienone is 1. The van der Waals surface area contributed by atoms with Crippen LogP contribution >= 0.6 is 0 Å². The molecule has 2 aromatic rings. The van der Waals surface area contributed by atoms with Crippen LogP contribution in [0.1, 0.15) is 107 Å². The molecule has 0 radical (unpaired) electrons. The Morgan fingerprint density at radius 3 is 2.46 bits per heavy atom. The van der Waals surface area contributed by atoms with Crippen molar-refractivity contribution < 1.29 is 19.1 Å². The van der Waals surface area contributed by atoms with E-state index in [2.05, 4.69) is 35.9 Å². The van der Waals surface area contributed by atoms with E-state index in [0.717, 1.165) is 36.8 Å². The molecule has 0 spiro atoms. The molecule has 1 aromatic carbocycles. The van der Waals surface area contributed by atoms with Gasteiger partial charge in [0.25, 0.3) is 0 Å². The molecule has 8 heteroatoms. The Kier molecular flexibility index (Phi) is 9.30. The van der Waals surface area contributed by atoms with Crippen molar-refractivity contribution in [2.45, 2.75) is 98.8 Å². The molecule has 8 nitrogen and oxygen atoms in total. The second kappa shape index (κ2) is 12.1. The van der Waals surface area contributed by atoms with E-state index in [1.54, 1.807) is 6.92 Å². The lowest BCUT2D eigenvalue weighted by molar-refractivity contribution is -0.142. The number of hydrogen-bond acceptors (Lipinski definition) is 7. The van der Waals surface area contributed by atoms with Gasteiger partial charge in [0.1, 0.15) is 23.6 Å². The van der Waals surface area contributed by atoms with E-state index in [1.165, 1.54) is 12.5 Å². The highest BCUT2D eigenvalue weighted by molar-refractivity contribution is 5.95. The van der Waals surface area contributed by atoms with Gasteiger partial charge >= 0.3 is 12.1 Å². The summed E-state index contributed by atoms with van der Waals surface area (Å²) in [7, 11) is 0. The van der Waals surface area contributed by atoms with E-state index in [4.69, 9.17) is 19.9 Å². The third kappa shape index (κ3) is 7.31. The van der Waals surface area contributed by atoms with E-state index < -0.39 is 17.7 Å². The minimum absolute atomic E-state index is 0.0361. The molecule has 0 saturated heterocycles. The minimum atomic E-state index is -0.597. The summed E-state index contributed by atoms with van der Waals surface area (Å²) in [4.78, 5) is 33.9. The molecule has 2 N–H and O–H groups in total. The summed E-state index contributed by atoms with van der Waals surface area (Å²) in [5.41, 5.74) is 4.79. The lowest BCUT2D eigenvalue weighted by Crippen LogP contribution is -2.41. The number of ether oxygens (including phenoxy) is 2. The summed E-state index contributed by atoms with van der Waals surface area (Å²) in [5.74, 6) is -0.413. The first-order chi connectivity index (χ1) is 18.3. The molecular weight excluding hydrogens is 492 g/mol. The third-order valence-corrected chi connectivity index (χ3v) is 7.10. The Balaban J connectivity index is 1.93. The molecule has 1 aromatic heterocycles. The second-order valence-corrected chi connectivity index (χ2v) is 11.5. The molecule has 1 aliphatic rings. The van der Waals surface area contributed by atoms with Crippen LogP contribution in [-0.2, 0) is 27.3 Å². The Morgan fingerprint density at radius 2 is 1.85 bits per heavy atom. The number of hydrogen-bond donors (Lipinski definition) is 2. The predicted octanol–water partition coefficient (Wildman–Crippen LogP) is 6.64. The van der Waals surface area contributed by atoms with E-state index in [9.17, 15) is 9.59 Å². The Labute approximate surface area is 232 Å². The molecule has 1 unspecified atom stereocenters. The molecule has 1 aliphatic carbocycles. The van der Waals surface area contributed by atoms with Gasteiger partial charge in [-0.15, -0.1) is 0 Å². The number of amides is 1. The van der Waals surface area contributed by atoms with Crippen molar-refractivity contribution in [3.63, 3.8) is 0 Å². The van der Waals surface area contributed by atoms with Crippen LogP contribution in [0.25, 0.3) is 5.57 Å². The molecule has 3 rings (SSSR count). The molecule has 39 heavy (non-hydrogen) atoms. The SMILES string of the molecule is C=C(CCC1(CCC)Cc2ccccc2[C@H]1NC(=O)OC(C)(C)C)c1nc(C)c(C(C)=N)nc1COC(C)=O. The number of benzene rings is 1. The zero-order valence-corrected chi connectivity index (χ0v) is 24.4. The van der Waals surface area contributed by atoms with Gasteiger partial charge in [-0.1, -0.05) is 44.2 Å². The minimum Gasteiger partial charge on any atom is -0.459 e. The smallest absolute Gasteiger partial charge is 0.408 e. The van der Waals surface area contributed by atoms with Gasteiger partial charge < -0.3 is 20.2 Å². The Hall–Kier alpha value is -3.55. The van der Waals surface area contributed by atoms with Crippen molar-refractivity contribution in [2.24, 2.45) is 5.41 Å².